The Balaban J connectivity index is 2.43. The second kappa shape index (κ2) is 2.81. The summed E-state index contributed by atoms with van der Waals surface area (Å²) in [6, 6.07) is -0.517. The fourth-order valence-electron chi connectivity index (χ4n) is 0.971. The molecule has 0 aliphatic carbocycles. The number of rotatable bonds is 0. The normalized spacial score (nSPS) is 16.2. The lowest BCUT2D eigenvalue weighted by Crippen LogP contribution is -2.23. The molecule has 0 unspecified atom stereocenters. The second-order valence-electron chi connectivity index (χ2n) is 2.51. The summed E-state index contributed by atoms with van der Waals surface area (Å²) in [5, 5.41) is 10.9. The summed E-state index contributed by atoms with van der Waals surface area (Å²) in [5.41, 5.74) is 0.783. The zero-order valence-electron chi connectivity index (χ0n) is 6.88. The zero-order chi connectivity index (χ0) is 9.26. The Morgan fingerprint density at radius 3 is 3.00 bits per heavy atom. The molecule has 0 bridgehead atoms. The Morgan fingerprint density at radius 2 is 2.31 bits per heavy atom. The third-order valence-electron chi connectivity index (χ3n) is 1.56. The van der Waals surface area contributed by atoms with E-state index < -0.39 is 6.03 Å². The Bertz CT molecular complexity index is 389. The Hall–Kier alpha value is -1.98. The van der Waals surface area contributed by atoms with E-state index >= 15 is 0 Å². The molecule has 0 N–H and O–H groups in total. The molecule has 2 rings (SSSR count). The quantitative estimate of drug-likeness (QED) is 0.565. The highest BCUT2D eigenvalue weighted by Gasteiger charge is 2.14. The summed E-state index contributed by atoms with van der Waals surface area (Å²) in [5.74, 6) is 0.470. The lowest BCUT2D eigenvalue weighted by atomic mass is 10.3. The molecule has 13 heavy (non-hydrogen) atoms. The van der Waals surface area contributed by atoms with E-state index in [1.165, 1.54) is 17.1 Å². The summed E-state index contributed by atoms with van der Waals surface area (Å²) in [6.45, 7) is 1.80. The molecule has 0 atom stereocenters. The largest absolute Gasteiger partial charge is 0.369 e. The van der Waals surface area contributed by atoms with Crippen LogP contribution in [0.15, 0.2) is 29.2 Å². The maximum absolute atomic E-state index is 10.9. The van der Waals surface area contributed by atoms with Gasteiger partial charge in [-0.3, -0.25) is 0 Å². The maximum atomic E-state index is 10.9. The lowest BCUT2D eigenvalue weighted by molar-refractivity contribution is 0.251. The third-order valence-corrected chi connectivity index (χ3v) is 1.56. The second-order valence-corrected chi connectivity index (χ2v) is 2.51. The molecule has 0 aromatic carbocycles. The van der Waals surface area contributed by atoms with Gasteiger partial charge in [0.1, 0.15) is 0 Å². The van der Waals surface area contributed by atoms with Gasteiger partial charge in [0.15, 0.2) is 5.84 Å². The predicted molar refractivity (Wildman–Crippen MR) is 44.1 cm³/mol. The molecule has 2 heterocycles. The molecule has 1 radical (unpaired) electrons. The van der Waals surface area contributed by atoms with Gasteiger partial charge < -0.3 is 0 Å². The van der Waals surface area contributed by atoms with Crippen LogP contribution < -0.4 is 5.32 Å². The van der Waals surface area contributed by atoms with Gasteiger partial charge in [-0.05, 0) is 6.92 Å². The summed E-state index contributed by atoms with van der Waals surface area (Å²) >= 11 is 0. The molecular weight excluding hydrogens is 170 g/mol. The molecule has 1 aromatic heterocycles. The third kappa shape index (κ3) is 1.33. The fourth-order valence-corrected chi connectivity index (χ4v) is 0.971. The number of aliphatic imine (C=N–C) groups is 1. The smallest absolute Gasteiger partial charge is 0.244 e. The van der Waals surface area contributed by atoms with Crippen LogP contribution in [-0.4, -0.2) is 26.9 Å². The molecule has 0 fully saturated rings. The van der Waals surface area contributed by atoms with Gasteiger partial charge in [-0.15, -0.1) is 5.10 Å². The Kier molecular flexibility index (Phi) is 1.66. The molecule has 2 amide bonds. The van der Waals surface area contributed by atoms with Crippen molar-refractivity contribution in [2.45, 2.75) is 6.92 Å². The highest BCUT2D eigenvalue weighted by molar-refractivity contribution is 6.06. The lowest BCUT2D eigenvalue weighted by Gasteiger charge is -2.08. The summed E-state index contributed by atoms with van der Waals surface area (Å²) in [6.07, 6.45) is 4.60. The molecule has 1 aliphatic rings. The number of carbonyl (C=O) groups excluding carboxylic acids is 1. The predicted octanol–water partition coefficient (Wildman–Crippen LogP) is 0.166. The van der Waals surface area contributed by atoms with E-state index in [4.69, 9.17) is 0 Å². The number of allylic oxidation sites excluding steroid dienone is 1. The minimum atomic E-state index is -0.517. The van der Waals surface area contributed by atoms with Gasteiger partial charge in [0.05, 0.1) is 12.4 Å². The number of aromatic nitrogens is 3. The number of amides is 2. The maximum Gasteiger partial charge on any atom is 0.369 e. The van der Waals surface area contributed by atoms with Crippen molar-refractivity contribution in [2.75, 3.05) is 0 Å². The first-order valence-electron chi connectivity index (χ1n) is 3.65. The van der Waals surface area contributed by atoms with Crippen LogP contribution in [0.25, 0.3) is 0 Å². The molecule has 0 saturated carbocycles. The van der Waals surface area contributed by atoms with Crippen LogP contribution >= 0.6 is 0 Å². The van der Waals surface area contributed by atoms with Gasteiger partial charge in [-0.2, -0.15) is 10.3 Å². The van der Waals surface area contributed by atoms with Gasteiger partial charge in [-0.1, -0.05) is 5.21 Å². The number of carbonyl (C=O) groups is 1. The van der Waals surface area contributed by atoms with Crippen LogP contribution in [0.2, 0.25) is 0 Å². The van der Waals surface area contributed by atoms with Crippen molar-refractivity contribution < 1.29 is 4.79 Å². The van der Waals surface area contributed by atoms with Crippen LogP contribution in [0.1, 0.15) is 6.92 Å². The van der Waals surface area contributed by atoms with E-state index in [0.717, 1.165) is 5.57 Å². The highest BCUT2D eigenvalue weighted by atomic mass is 16.2. The van der Waals surface area contributed by atoms with Crippen LogP contribution in [0.3, 0.4) is 0 Å². The van der Waals surface area contributed by atoms with Gasteiger partial charge in [0.25, 0.3) is 0 Å². The van der Waals surface area contributed by atoms with Crippen LogP contribution in [0, 0.1) is 0 Å². The molecular formula is C7H6N5O. The van der Waals surface area contributed by atoms with Crippen molar-refractivity contribution in [3.8, 4) is 0 Å². The first-order chi connectivity index (χ1) is 6.27. The molecule has 65 valence electrons. The minimum absolute atomic E-state index is 0.470. The van der Waals surface area contributed by atoms with Crippen LogP contribution in [0.4, 0.5) is 4.79 Å². The van der Waals surface area contributed by atoms with E-state index in [0.29, 0.717) is 5.84 Å². The summed E-state index contributed by atoms with van der Waals surface area (Å²) in [7, 11) is 0. The van der Waals surface area contributed by atoms with Gasteiger partial charge >= 0.3 is 6.03 Å². The van der Waals surface area contributed by atoms with Gasteiger partial charge in [-0.25, -0.2) is 9.48 Å². The van der Waals surface area contributed by atoms with Crippen LogP contribution in [0.5, 0.6) is 0 Å². The molecule has 1 aromatic rings. The number of hydrogen-bond acceptors (Lipinski definition) is 3. The average Bonchev–Trinajstić information content (AvgIpc) is 2.61. The monoisotopic (exact) mass is 176 g/mol. The number of nitrogens with zero attached hydrogens (tertiary/aromatic N) is 5. The van der Waals surface area contributed by atoms with Gasteiger partial charge in [0, 0.05) is 11.8 Å². The van der Waals surface area contributed by atoms with Crippen molar-refractivity contribution in [3.63, 3.8) is 0 Å². The van der Waals surface area contributed by atoms with E-state index in [2.05, 4.69) is 20.6 Å². The fraction of sp³-hybridized carbons (Fsp3) is 0.143. The highest BCUT2D eigenvalue weighted by Crippen LogP contribution is 2.04. The first kappa shape index (κ1) is 7.66. The molecule has 6 nitrogen and oxygen atoms in total. The Morgan fingerprint density at radius 1 is 1.46 bits per heavy atom. The zero-order valence-corrected chi connectivity index (χ0v) is 6.88. The van der Waals surface area contributed by atoms with Crippen molar-refractivity contribution in [1.82, 2.24) is 20.3 Å². The topological polar surface area (TPSA) is 74.2 Å². The number of urea groups is 1. The van der Waals surface area contributed by atoms with E-state index in [9.17, 15) is 4.79 Å². The van der Waals surface area contributed by atoms with Crippen LogP contribution in [-0.2, 0) is 0 Å². The molecule has 0 saturated heterocycles. The molecule has 0 spiro atoms. The summed E-state index contributed by atoms with van der Waals surface area (Å²) in [4.78, 5) is 14.6. The standard InChI is InChI=1S/C7H6N5O/c1-5-4-8-7(13)10-6(5)12-3-2-9-11-12/h2-4H,1H3. The summed E-state index contributed by atoms with van der Waals surface area (Å²) < 4.78 is 1.43. The molecule has 6 heteroatoms. The van der Waals surface area contributed by atoms with E-state index in [1.807, 2.05) is 0 Å². The van der Waals surface area contributed by atoms with Crippen molar-refractivity contribution >= 4 is 11.9 Å². The molecule has 1 aliphatic heterocycles. The SMILES string of the molecule is CC1=C[N]C(=O)N=C1n1ccnn1. The Labute approximate surface area is 74.0 Å². The number of hydrogen-bond donors (Lipinski definition) is 0. The van der Waals surface area contributed by atoms with Crippen molar-refractivity contribution in [3.05, 3.63) is 24.2 Å². The average molecular weight is 176 g/mol. The first-order valence-corrected chi connectivity index (χ1v) is 3.65. The van der Waals surface area contributed by atoms with E-state index in [-0.39, 0.29) is 0 Å². The van der Waals surface area contributed by atoms with Crippen molar-refractivity contribution in [2.24, 2.45) is 4.99 Å². The van der Waals surface area contributed by atoms with Gasteiger partial charge in [0.2, 0.25) is 0 Å². The van der Waals surface area contributed by atoms with Crippen molar-refractivity contribution in [1.29, 1.82) is 0 Å². The van der Waals surface area contributed by atoms with E-state index in [1.54, 1.807) is 13.1 Å². The minimum Gasteiger partial charge on any atom is -0.244 e.